The molecule has 1 atom stereocenters. The molecule has 0 saturated carbocycles. The van der Waals surface area contributed by atoms with Crippen LogP contribution in [0.4, 0.5) is 4.39 Å². The van der Waals surface area contributed by atoms with Crippen LogP contribution in [-0.2, 0) is 0 Å². The number of pyridine rings is 1. The average Bonchev–Trinajstić information content (AvgIpc) is 2.44. The van der Waals surface area contributed by atoms with Crippen LogP contribution in [-0.4, -0.2) is 11.5 Å². The van der Waals surface area contributed by atoms with E-state index in [1.54, 1.807) is 12.3 Å². The molecule has 4 heteroatoms. The molecule has 0 aliphatic heterocycles. The molecule has 1 aromatic heterocycles. The van der Waals surface area contributed by atoms with Gasteiger partial charge in [-0.15, -0.1) is 0 Å². The lowest BCUT2D eigenvalue weighted by Gasteiger charge is -2.21. The van der Waals surface area contributed by atoms with Gasteiger partial charge in [0.05, 0.1) is 6.04 Å². The van der Waals surface area contributed by atoms with E-state index in [1.807, 2.05) is 25.3 Å². The molecule has 1 heterocycles. The van der Waals surface area contributed by atoms with Gasteiger partial charge < -0.3 is 5.32 Å². The molecule has 2 aromatic rings. The van der Waals surface area contributed by atoms with Crippen molar-refractivity contribution < 1.29 is 4.39 Å². The normalized spacial score (nSPS) is 12.4. The number of hydrogen-bond acceptors (Lipinski definition) is 2. The van der Waals surface area contributed by atoms with Gasteiger partial charge in [0.15, 0.2) is 0 Å². The SMILES string of the molecule is CCCNC(c1cnccc1C)c1cc(Br)ccc1F. The van der Waals surface area contributed by atoms with Crippen LogP contribution in [0.3, 0.4) is 0 Å². The standard InChI is InChI=1S/C16H18BrFN2/c1-3-7-20-16(14-10-19-8-6-11(14)2)13-9-12(17)4-5-15(13)18/h4-6,8-10,16,20H,3,7H2,1-2H3. The van der Waals surface area contributed by atoms with Crippen LogP contribution in [0.2, 0.25) is 0 Å². The predicted molar refractivity (Wildman–Crippen MR) is 83.2 cm³/mol. The molecule has 1 aromatic carbocycles. The summed E-state index contributed by atoms with van der Waals surface area (Å²) in [5.74, 6) is -0.204. The highest BCUT2D eigenvalue weighted by molar-refractivity contribution is 9.10. The van der Waals surface area contributed by atoms with Gasteiger partial charge in [0, 0.05) is 22.4 Å². The van der Waals surface area contributed by atoms with E-state index in [4.69, 9.17) is 0 Å². The van der Waals surface area contributed by atoms with E-state index >= 15 is 0 Å². The van der Waals surface area contributed by atoms with Crippen LogP contribution < -0.4 is 5.32 Å². The van der Waals surface area contributed by atoms with E-state index < -0.39 is 0 Å². The fraction of sp³-hybridized carbons (Fsp3) is 0.312. The minimum Gasteiger partial charge on any atom is -0.306 e. The second kappa shape index (κ2) is 6.95. The molecule has 0 amide bonds. The predicted octanol–water partition coefficient (Wildman–Crippen LogP) is 4.38. The smallest absolute Gasteiger partial charge is 0.128 e. The molecule has 0 aliphatic rings. The van der Waals surface area contributed by atoms with Crippen molar-refractivity contribution in [1.29, 1.82) is 0 Å². The number of nitrogens with one attached hydrogen (secondary N) is 1. The lowest BCUT2D eigenvalue weighted by molar-refractivity contribution is 0.544. The van der Waals surface area contributed by atoms with Crippen molar-refractivity contribution in [1.82, 2.24) is 10.3 Å². The minimum absolute atomic E-state index is 0.179. The van der Waals surface area contributed by atoms with Crippen LogP contribution in [0.25, 0.3) is 0 Å². The summed E-state index contributed by atoms with van der Waals surface area (Å²) in [4.78, 5) is 4.18. The molecule has 2 nitrogen and oxygen atoms in total. The van der Waals surface area contributed by atoms with E-state index in [1.165, 1.54) is 6.07 Å². The van der Waals surface area contributed by atoms with Gasteiger partial charge in [-0.2, -0.15) is 0 Å². The maximum atomic E-state index is 14.2. The maximum absolute atomic E-state index is 14.2. The molecule has 2 rings (SSSR count). The number of halogens is 2. The van der Waals surface area contributed by atoms with Gasteiger partial charge in [0.1, 0.15) is 5.82 Å². The van der Waals surface area contributed by atoms with Crippen LogP contribution in [0.1, 0.15) is 36.1 Å². The number of hydrogen-bond donors (Lipinski definition) is 1. The molecule has 20 heavy (non-hydrogen) atoms. The summed E-state index contributed by atoms with van der Waals surface area (Å²) < 4.78 is 15.1. The van der Waals surface area contributed by atoms with Gasteiger partial charge >= 0.3 is 0 Å². The van der Waals surface area contributed by atoms with Crippen molar-refractivity contribution in [3.05, 3.63) is 63.6 Å². The van der Waals surface area contributed by atoms with Gasteiger partial charge in [-0.3, -0.25) is 4.98 Å². The Hall–Kier alpha value is -1.26. The molecule has 0 fully saturated rings. The first-order valence-electron chi connectivity index (χ1n) is 6.72. The van der Waals surface area contributed by atoms with E-state index in [-0.39, 0.29) is 11.9 Å². The Balaban J connectivity index is 2.47. The van der Waals surface area contributed by atoms with Crippen molar-refractivity contribution >= 4 is 15.9 Å². The topological polar surface area (TPSA) is 24.9 Å². The monoisotopic (exact) mass is 336 g/mol. The van der Waals surface area contributed by atoms with Gasteiger partial charge in [0.2, 0.25) is 0 Å². The third-order valence-corrected chi connectivity index (χ3v) is 3.75. The Labute approximate surface area is 127 Å². The molecular formula is C16H18BrFN2. The Morgan fingerprint density at radius 3 is 2.80 bits per heavy atom. The Bertz CT molecular complexity index is 586. The van der Waals surface area contributed by atoms with Crippen molar-refractivity contribution in [2.45, 2.75) is 26.3 Å². The first kappa shape index (κ1) is 15.1. The number of aryl methyl sites for hydroxylation is 1. The van der Waals surface area contributed by atoms with Crippen molar-refractivity contribution in [2.24, 2.45) is 0 Å². The molecule has 0 spiro atoms. The molecular weight excluding hydrogens is 319 g/mol. The quantitative estimate of drug-likeness (QED) is 0.876. The van der Waals surface area contributed by atoms with E-state index in [2.05, 4.69) is 33.2 Å². The van der Waals surface area contributed by atoms with E-state index in [9.17, 15) is 4.39 Å². The van der Waals surface area contributed by atoms with Gasteiger partial charge in [-0.25, -0.2) is 4.39 Å². The second-order valence-electron chi connectivity index (χ2n) is 4.79. The summed E-state index contributed by atoms with van der Waals surface area (Å²) in [7, 11) is 0. The highest BCUT2D eigenvalue weighted by atomic mass is 79.9. The first-order chi connectivity index (χ1) is 9.63. The van der Waals surface area contributed by atoms with Crippen LogP contribution >= 0.6 is 15.9 Å². The maximum Gasteiger partial charge on any atom is 0.128 e. The summed E-state index contributed by atoms with van der Waals surface area (Å²) in [5, 5.41) is 3.41. The largest absolute Gasteiger partial charge is 0.306 e. The highest BCUT2D eigenvalue weighted by Gasteiger charge is 2.19. The zero-order chi connectivity index (χ0) is 14.5. The lowest BCUT2D eigenvalue weighted by Crippen LogP contribution is -2.25. The molecule has 106 valence electrons. The van der Waals surface area contributed by atoms with Gasteiger partial charge in [-0.05, 0) is 55.3 Å². The Morgan fingerprint density at radius 2 is 2.10 bits per heavy atom. The average molecular weight is 337 g/mol. The fourth-order valence-corrected chi connectivity index (χ4v) is 2.57. The summed E-state index contributed by atoms with van der Waals surface area (Å²) in [6, 6.07) is 6.81. The van der Waals surface area contributed by atoms with Crippen LogP contribution in [0.15, 0.2) is 41.1 Å². The van der Waals surface area contributed by atoms with Gasteiger partial charge in [0.25, 0.3) is 0 Å². The second-order valence-corrected chi connectivity index (χ2v) is 5.70. The molecule has 0 aliphatic carbocycles. The number of benzene rings is 1. The number of rotatable bonds is 5. The lowest BCUT2D eigenvalue weighted by atomic mass is 9.96. The minimum atomic E-state index is -0.204. The third-order valence-electron chi connectivity index (χ3n) is 3.26. The summed E-state index contributed by atoms with van der Waals surface area (Å²) in [6.07, 6.45) is 4.56. The van der Waals surface area contributed by atoms with Crippen LogP contribution in [0, 0.1) is 12.7 Å². The molecule has 0 radical (unpaired) electrons. The van der Waals surface area contributed by atoms with E-state index in [0.717, 1.165) is 28.6 Å². The van der Waals surface area contributed by atoms with Crippen LogP contribution in [0.5, 0.6) is 0 Å². The summed E-state index contributed by atoms with van der Waals surface area (Å²) in [5.41, 5.74) is 2.76. The van der Waals surface area contributed by atoms with Crippen molar-refractivity contribution in [3.8, 4) is 0 Å². The fourth-order valence-electron chi connectivity index (χ4n) is 2.19. The summed E-state index contributed by atoms with van der Waals surface area (Å²) >= 11 is 3.41. The molecule has 1 N–H and O–H groups in total. The number of aromatic nitrogens is 1. The molecule has 1 unspecified atom stereocenters. The highest BCUT2D eigenvalue weighted by Crippen LogP contribution is 2.28. The zero-order valence-electron chi connectivity index (χ0n) is 11.7. The molecule has 0 bridgehead atoms. The van der Waals surface area contributed by atoms with Gasteiger partial charge in [-0.1, -0.05) is 22.9 Å². The first-order valence-corrected chi connectivity index (χ1v) is 7.51. The molecule has 0 saturated heterocycles. The summed E-state index contributed by atoms with van der Waals surface area (Å²) in [6.45, 7) is 4.94. The van der Waals surface area contributed by atoms with E-state index in [0.29, 0.717) is 5.56 Å². The third kappa shape index (κ3) is 3.44. The Kier molecular flexibility index (Phi) is 5.26. The number of nitrogens with zero attached hydrogens (tertiary/aromatic N) is 1. The zero-order valence-corrected chi connectivity index (χ0v) is 13.2. The Morgan fingerprint density at radius 1 is 1.30 bits per heavy atom. The van der Waals surface area contributed by atoms with Crippen molar-refractivity contribution in [2.75, 3.05) is 6.54 Å². The van der Waals surface area contributed by atoms with Crippen molar-refractivity contribution in [3.63, 3.8) is 0 Å².